The van der Waals surface area contributed by atoms with Gasteiger partial charge in [-0.2, -0.15) is 0 Å². The molecule has 0 spiro atoms. The standard InChI is InChI=1S/C24H26N2O2S/c25-24(29)26-20-12-9-13-21(18-20)27-16-7-2-8-17-28-23-15-6-5-14-22(23)19-10-3-1-4-11-19/h1,3-6,9-15,18H,2,7-8,16-17H2,(H3,25,26,29). The average Bonchev–Trinajstić information content (AvgIpc) is 2.74. The Hall–Kier alpha value is -3.05. The highest BCUT2D eigenvalue weighted by Crippen LogP contribution is 2.29. The predicted octanol–water partition coefficient (Wildman–Crippen LogP) is 5.64. The van der Waals surface area contributed by atoms with Gasteiger partial charge in [0.15, 0.2) is 5.11 Å². The van der Waals surface area contributed by atoms with Crippen LogP contribution in [-0.4, -0.2) is 18.3 Å². The fourth-order valence-corrected chi connectivity index (χ4v) is 3.13. The Labute approximate surface area is 177 Å². The van der Waals surface area contributed by atoms with Gasteiger partial charge in [-0.1, -0.05) is 54.6 Å². The van der Waals surface area contributed by atoms with Gasteiger partial charge in [0.2, 0.25) is 0 Å². The fraction of sp³-hybridized carbons (Fsp3) is 0.208. The first kappa shape index (κ1) is 20.7. The smallest absolute Gasteiger partial charge is 0.168 e. The lowest BCUT2D eigenvalue weighted by Gasteiger charge is -2.12. The van der Waals surface area contributed by atoms with Crippen molar-refractivity contribution in [3.63, 3.8) is 0 Å². The molecule has 4 nitrogen and oxygen atoms in total. The summed E-state index contributed by atoms with van der Waals surface area (Å²) in [5, 5.41) is 3.15. The van der Waals surface area contributed by atoms with Crippen molar-refractivity contribution in [2.24, 2.45) is 5.73 Å². The van der Waals surface area contributed by atoms with Gasteiger partial charge in [0.25, 0.3) is 0 Å². The molecule has 0 bridgehead atoms. The first-order valence-electron chi connectivity index (χ1n) is 9.79. The third-order valence-electron chi connectivity index (χ3n) is 4.39. The van der Waals surface area contributed by atoms with E-state index in [1.807, 2.05) is 60.7 Å². The number of nitrogens with one attached hydrogen (secondary N) is 1. The van der Waals surface area contributed by atoms with Gasteiger partial charge < -0.3 is 20.5 Å². The number of ether oxygens (including phenoxy) is 2. The van der Waals surface area contributed by atoms with Crippen LogP contribution in [0.15, 0.2) is 78.9 Å². The normalized spacial score (nSPS) is 10.3. The summed E-state index contributed by atoms with van der Waals surface area (Å²) >= 11 is 4.85. The monoisotopic (exact) mass is 406 g/mol. The quantitative estimate of drug-likeness (QED) is 0.337. The van der Waals surface area contributed by atoms with Crippen LogP contribution in [0, 0.1) is 0 Å². The van der Waals surface area contributed by atoms with Crippen LogP contribution in [0.4, 0.5) is 5.69 Å². The molecule has 0 aromatic heterocycles. The molecule has 0 saturated carbocycles. The SMILES string of the molecule is NC(=S)Nc1cccc(OCCCCCOc2ccccc2-c2ccccc2)c1. The second-order valence-corrected chi connectivity index (χ2v) is 7.08. The Morgan fingerprint density at radius 1 is 0.793 bits per heavy atom. The van der Waals surface area contributed by atoms with Crippen molar-refractivity contribution in [2.45, 2.75) is 19.3 Å². The molecular weight excluding hydrogens is 380 g/mol. The third kappa shape index (κ3) is 6.80. The summed E-state index contributed by atoms with van der Waals surface area (Å²) in [5.41, 5.74) is 8.63. The molecule has 0 saturated heterocycles. The molecule has 0 aliphatic heterocycles. The first-order chi connectivity index (χ1) is 14.2. The van der Waals surface area contributed by atoms with E-state index in [9.17, 15) is 0 Å². The molecule has 0 aliphatic rings. The van der Waals surface area contributed by atoms with Crippen LogP contribution >= 0.6 is 12.2 Å². The lowest BCUT2D eigenvalue weighted by molar-refractivity contribution is 0.280. The van der Waals surface area contributed by atoms with E-state index in [-0.39, 0.29) is 5.11 Å². The van der Waals surface area contributed by atoms with Gasteiger partial charge in [-0.15, -0.1) is 0 Å². The molecule has 0 aliphatic carbocycles. The Morgan fingerprint density at radius 2 is 1.52 bits per heavy atom. The number of rotatable bonds is 10. The summed E-state index contributed by atoms with van der Waals surface area (Å²) in [6.45, 7) is 1.36. The maximum Gasteiger partial charge on any atom is 0.168 e. The van der Waals surface area contributed by atoms with Gasteiger partial charge in [-0.25, -0.2) is 0 Å². The predicted molar refractivity (Wildman–Crippen MR) is 124 cm³/mol. The Kier molecular flexibility index (Phi) is 7.90. The van der Waals surface area contributed by atoms with E-state index in [4.69, 9.17) is 27.4 Å². The number of benzene rings is 3. The third-order valence-corrected chi connectivity index (χ3v) is 4.49. The molecule has 5 heteroatoms. The molecule has 150 valence electrons. The number of thiocarbonyl (C=S) groups is 1. The fourth-order valence-electron chi connectivity index (χ4n) is 3.01. The number of anilines is 1. The van der Waals surface area contributed by atoms with Crippen LogP contribution in [0.5, 0.6) is 11.5 Å². The second-order valence-electron chi connectivity index (χ2n) is 6.64. The van der Waals surface area contributed by atoms with Crippen LogP contribution in [0.3, 0.4) is 0 Å². The molecule has 0 heterocycles. The molecule has 3 aromatic rings. The van der Waals surface area contributed by atoms with E-state index in [1.54, 1.807) is 0 Å². The van der Waals surface area contributed by atoms with Gasteiger partial charge in [0.1, 0.15) is 11.5 Å². The minimum absolute atomic E-state index is 0.246. The van der Waals surface area contributed by atoms with E-state index in [2.05, 4.69) is 23.5 Å². The zero-order valence-electron chi connectivity index (χ0n) is 16.3. The maximum absolute atomic E-state index is 6.04. The second kappa shape index (κ2) is 11.1. The molecular formula is C24H26N2O2S. The van der Waals surface area contributed by atoms with Gasteiger partial charge in [0, 0.05) is 17.3 Å². The zero-order valence-corrected chi connectivity index (χ0v) is 17.2. The van der Waals surface area contributed by atoms with Crippen molar-refractivity contribution in [1.82, 2.24) is 0 Å². The van der Waals surface area contributed by atoms with Gasteiger partial charge in [-0.05, 0) is 55.2 Å². The number of para-hydroxylation sites is 1. The summed E-state index contributed by atoms with van der Waals surface area (Å²) in [5.74, 6) is 1.73. The summed E-state index contributed by atoms with van der Waals surface area (Å²) in [6, 6.07) is 26.1. The van der Waals surface area contributed by atoms with Crippen LogP contribution in [0.25, 0.3) is 11.1 Å². The van der Waals surface area contributed by atoms with E-state index in [0.29, 0.717) is 13.2 Å². The summed E-state index contributed by atoms with van der Waals surface area (Å²) < 4.78 is 11.8. The maximum atomic E-state index is 6.04. The molecule has 0 unspecified atom stereocenters. The average molecular weight is 407 g/mol. The molecule has 3 aromatic carbocycles. The van der Waals surface area contributed by atoms with Crippen molar-refractivity contribution >= 4 is 23.0 Å². The number of hydrogen-bond donors (Lipinski definition) is 2. The highest BCUT2D eigenvalue weighted by Gasteiger charge is 2.05. The molecule has 0 radical (unpaired) electrons. The molecule has 29 heavy (non-hydrogen) atoms. The molecule has 3 N–H and O–H groups in total. The Morgan fingerprint density at radius 3 is 2.31 bits per heavy atom. The van der Waals surface area contributed by atoms with Gasteiger partial charge in [-0.3, -0.25) is 0 Å². The van der Waals surface area contributed by atoms with Crippen molar-refractivity contribution < 1.29 is 9.47 Å². The van der Waals surface area contributed by atoms with Crippen LogP contribution in [0.1, 0.15) is 19.3 Å². The number of nitrogens with two attached hydrogens (primary N) is 1. The molecule has 0 fully saturated rings. The molecule has 3 rings (SSSR count). The summed E-state index contributed by atoms with van der Waals surface area (Å²) in [7, 11) is 0. The van der Waals surface area contributed by atoms with Gasteiger partial charge in [0.05, 0.1) is 13.2 Å². The van der Waals surface area contributed by atoms with Crippen LogP contribution < -0.4 is 20.5 Å². The highest BCUT2D eigenvalue weighted by molar-refractivity contribution is 7.80. The number of unbranched alkanes of at least 4 members (excludes halogenated alkanes) is 2. The summed E-state index contributed by atoms with van der Waals surface area (Å²) in [4.78, 5) is 0. The molecule has 0 atom stereocenters. The first-order valence-corrected chi connectivity index (χ1v) is 10.2. The lowest BCUT2D eigenvalue weighted by Crippen LogP contribution is -2.18. The van der Waals surface area contributed by atoms with Crippen LogP contribution in [0.2, 0.25) is 0 Å². The Balaban J connectivity index is 1.38. The van der Waals surface area contributed by atoms with Crippen molar-refractivity contribution in [3.8, 4) is 22.6 Å². The van der Waals surface area contributed by atoms with Crippen molar-refractivity contribution in [3.05, 3.63) is 78.9 Å². The lowest BCUT2D eigenvalue weighted by atomic mass is 10.1. The minimum Gasteiger partial charge on any atom is -0.494 e. The van der Waals surface area contributed by atoms with Crippen LogP contribution in [-0.2, 0) is 0 Å². The minimum atomic E-state index is 0.246. The highest BCUT2D eigenvalue weighted by atomic mass is 32.1. The van der Waals surface area contributed by atoms with Crippen molar-refractivity contribution in [1.29, 1.82) is 0 Å². The molecule has 0 amide bonds. The largest absolute Gasteiger partial charge is 0.494 e. The Bertz CT molecular complexity index is 916. The zero-order chi connectivity index (χ0) is 20.3. The van der Waals surface area contributed by atoms with E-state index < -0.39 is 0 Å². The van der Waals surface area contributed by atoms with Crippen molar-refractivity contribution in [2.75, 3.05) is 18.5 Å². The van der Waals surface area contributed by atoms with E-state index in [1.165, 1.54) is 5.56 Å². The number of hydrogen-bond acceptors (Lipinski definition) is 3. The summed E-state index contributed by atoms with van der Waals surface area (Å²) in [6.07, 6.45) is 2.99. The topological polar surface area (TPSA) is 56.5 Å². The van der Waals surface area contributed by atoms with Gasteiger partial charge >= 0.3 is 0 Å². The van der Waals surface area contributed by atoms with E-state index >= 15 is 0 Å². The van der Waals surface area contributed by atoms with E-state index in [0.717, 1.165) is 42.0 Å².